The summed E-state index contributed by atoms with van der Waals surface area (Å²) in [7, 11) is 1.96. The van der Waals surface area contributed by atoms with Gasteiger partial charge in [-0.05, 0) is 32.0 Å². The van der Waals surface area contributed by atoms with Crippen molar-refractivity contribution in [1.82, 2.24) is 10.3 Å². The van der Waals surface area contributed by atoms with Gasteiger partial charge in [-0.1, -0.05) is 18.2 Å². The SMILES string of the molecule is CNCc1cc(N2CC3CCC(C2)O3)c2ccccc2n1. The lowest BCUT2D eigenvalue weighted by molar-refractivity contribution is 0.0306. The molecule has 0 spiro atoms. The molecular formula is C17H21N3O. The van der Waals surface area contributed by atoms with Crippen molar-refractivity contribution in [3.63, 3.8) is 0 Å². The van der Waals surface area contributed by atoms with Gasteiger partial charge < -0.3 is 15.0 Å². The zero-order valence-corrected chi connectivity index (χ0v) is 12.4. The summed E-state index contributed by atoms with van der Waals surface area (Å²) in [6.07, 6.45) is 3.22. The molecule has 2 aliphatic rings. The van der Waals surface area contributed by atoms with Crippen LogP contribution in [-0.2, 0) is 11.3 Å². The van der Waals surface area contributed by atoms with Gasteiger partial charge in [0.25, 0.3) is 0 Å². The second kappa shape index (κ2) is 5.28. The van der Waals surface area contributed by atoms with Crippen molar-refractivity contribution < 1.29 is 4.74 Å². The number of nitrogens with zero attached hydrogens (tertiary/aromatic N) is 2. The van der Waals surface area contributed by atoms with Crippen LogP contribution < -0.4 is 10.2 Å². The van der Waals surface area contributed by atoms with E-state index in [1.165, 1.54) is 23.9 Å². The van der Waals surface area contributed by atoms with Crippen LogP contribution >= 0.6 is 0 Å². The number of anilines is 1. The highest BCUT2D eigenvalue weighted by molar-refractivity contribution is 5.92. The molecule has 2 bridgehead atoms. The number of benzene rings is 1. The molecule has 0 saturated carbocycles. The van der Waals surface area contributed by atoms with Crippen LogP contribution in [0, 0.1) is 0 Å². The van der Waals surface area contributed by atoms with Crippen molar-refractivity contribution in [2.45, 2.75) is 31.6 Å². The van der Waals surface area contributed by atoms with Gasteiger partial charge >= 0.3 is 0 Å². The summed E-state index contributed by atoms with van der Waals surface area (Å²) in [4.78, 5) is 7.25. The van der Waals surface area contributed by atoms with Crippen LogP contribution in [0.5, 0.6) is 0 Å². The van der Waals surface area contributed by atoms with Crippen molar-refractivity contribution in [1.29, 1.82) is 0 Å². The van der Waals surface area contributed by atoms with Gasteiger partial charge in [0.2, 0.25) is 0 Å². The van der Waals surface area contributed by atoms with Crippen molar-refractivity contribution in [2.75, 3.05) is 25.0 Å². The van der Waals surface area contributed by atoms with E-state index >= 15 is 0 Å². The van der Waals surface area contributed by atoms with E-state index in [1.54, 1.807) is 0 Å². The van der Waals surface area contributed by atoms with E-state index in [0.717, 1.165) is 30.8 Å². The fourth-order valence-corrected chi connectivity index (χ4v) is 3.56. The van der Waals surface area contributed by atoms with E-state index in [4.69, 9.17) is 9.72 Å². The van der Waals surface area contributed by atoms with E-state index in [9.17, 15) is 0 Å². The average Bonchev–Trinajstić information content (AvgIpc) is 2.85. The second-order valence-electron chi connectivity index (χ2n) is 6.04. The number of rotatable bonds is 3. The molecule has 2 saturated heterocycles. The van der Waals surface area contributed by atoms with E-state index in [1.807, 2.05) is 7.05 Å². The van der Waals surface area contributed by atoms with E-state index in [2.05, 4.69) is 40.5 Å². The summed E-state index contributed by atoms with van der Waals surface area (Å²) >= 11 is 0. The third-order valence-corrected chi connectivity index (χ3v) is 4.49. The summed E-state index contributed by atoms with van der Waals surface area (Å²) < 4.78 is 5.97. The third-order valence-electron chi connectivity index (χ3n) is 4.49. The molecule has 2 atom stereocenters. The predicted molar refractivity (Wildman–Crippen MR) is 84.6 cm³/mol. The van der Waals surface area contributed by atoms with Gasteiger partial charge in [0.1, 0.15) is 0 Å². The second-order valence-corrected chi connectivity index (χ2v) is 6.04. The normalized spacial score (nSPS) is 24.7. The van der Waals surface area contributed by atoms with E-state index in [0.29, 0.717) is 12.2 Å². The summed E-state index contributed by atoms with van der Waals surface area (Å²) in [6.45, 7) is 2.81. The maximum atomic E-state index is 5.97. The highest BCUT2D eigenvalue weighted by atomic mass is 16.5. The molecule has 2 unspecified atom stereocenters. The first kappa shape index (κ1) is 13.0. The van der Waals surface area contributed by atoms with Gasteiger partial charge in [0.15, 0.2) is 0 Å². The number of hydrogen-bond acceptors (Lipinski definition) is 4. The molecule has 4 nitrogen and oxygen atoms in total. The van der Waals surface area contributed by atoms with Gasteiger partial charge in [0.05, 0.1) is 23.4 Å². The highest BCUT2D eigenvalue weighted by Crippen LogP contribution is 2.33. The quantitative estimate of drug-likeness (QED) is 0.938. The minimum atomic E-state index is 0.406. The third kappa shape index (κ3) is 2.39. The topological polar surface area (TPSA) is 37.4 Å². The molecule has 4 heteroatoms. The molecule has 4 rings (SSSR count). The van der Waals surface area contributed by atoms with Crippen LogP contribution in [0.2, 0.25) is 0 Å². The van der Waals surface area contributed by atoms with Crippen LogP contribution in [0.1, 0.15) is 18.5 Å². The van der Waals surface area contributed by atoms with E-state index in [-0.39, 0.29) is 0 Å². The number of aromatic nitrogens is 1. The van der Waals surface area contributed by atoms with Gasteiger partial charge in [0, 0.05) is 30.7 Å². The first-order chi connectivity index (χ1) is 10.3. The minimum Gasteiger partial charge on any atom is -0.371 e. The Balaban J connectivity index is 1.78. The predicted octanol–water partition coefficient (Wildman–Crippen LogP) is 2.32. The van der Waals surface area contributed by atoms with Crippen molar-refractivity contribution >= 4 is 16.6 Å². The number of para-hydroxylation sites is 1. The van der Waals surface area contributed by atoms with Crippen molar-refractivity contribution in [3.05, 3.63) is 36.0 Å². The maximum absolute atomic E-state index is 5.97. The van der Waals surface area contributed by atoms with Crippen LogP contribution in [0.25, 0.3) is 10.9 Å². The first-order valence-corrected chi connectivity index (χ1v) is 7.77. The number of nitrogens with one attached hydrogen (secondary N) is 1. The van der Waals surface area contributed by atoms with Gasteiger partial charge in [-0.25, -0.2) is 0 Å². The zero-order valence-electron chi connectivity index (χ0n) is 12.4. The summed E-state index contributed by atoms with van der Waals surface area (Å²) in [5.74, 6) is 0. The lowest BCUT2D eigenvalue weighted by atomic mass is 10.1. The molecule has 2 fully saturated rings. The molecule has 1 aromatic carbocycles. The lowest BCUT2D eigenvalue weighted by Gasteiger charge is -2.34. The smallest absolute Gasteiger partial charge is 0.0755 e. The molecule has 2 aliphatic heterocycles. The fraction of sp³-hybridized carbons (Fsp3) is 0.471. The highest BCUT2D eigenvalue weighted by Gasteiger charge is 2.34. The Morgan fingerprint density at radius 2 is 2.00 bits per heavy atom. The molecule has 1 N–H and O–H groups in total. The fourth-order valence-electron chi connectivity index (χ4n) is 3.56. The lowest BCUT2D eigenvalue weighted by Crippen LogP contribution is -2.42. The molecule has 0 radical (unpaired) electrons. The summed E-state index contributed by atoms with van der Waals surface area (Å²) in [6, 6.07) is 10.7. The van der Waals surface area contributed by atoms with Crippen LogP contribution in [0.3, 0.4) is 0 Å². The molecule has 110 valence electrons. The number of fused-ring (bicyclic) bond motifs is 3. The Hall–Kier alpha value is -1.65. The first-order valence-electron chi connectivity index (χ1n) is 7.77. The Bertz CT molecular complexity index is 646. The van der Waals surface area contributed by atoms with Crippen LogP contribution in [0.15, 0.2) is 30.3 Å². The molecule has 2 aromatic rings. The number of morpholine rings is 1. The molecular weight excluding hydrogens is 262 g/mol. The van der Waals surface area contributed by atoms with Crippen LogP contribution in [0.4, 0.5) is 5.69 Å². The number of pyridine rings is 1. The maximum Gasteiger partial charge on any atom is 0.0755 e. The molecule has 0 amide bonds. The Morgan fingerprint density at radius 1 is 1.24 bits per heavy atom. The summed E-state index contributed by atoms with van der Waals surface area (Å²) in [5.41, 5.74) is 3.50. The van der Waals surface area contributed by atoms with Gasteiger partial charge in [-0.2, -0.15) is 0 Å². The van der Waals surface area contributed by atoms with Gasteiger partial charge in [-0.15, -0.1) is 0 Å². The molecule has 3 heterocycles. The largest absolute Gasteiger partial charge is 0.371 e. The molecule has 21 heavy (non-hydrogen) atoms. The van der Waals surface area contributed by atoms with E-state index < -0.39 is 0 Å². The number of ether oxygens (including phenoxy) is 1. The molecule has 1 aromatic heterocycles. The Labute approximate surface area is 125 Å². The summed E-state index contributed by atoms with van der Waals surface area (Å²) in [5, 5.41) is 4.45. The van der Waals surface area contributed by atoms with Crippen LogP contribution in [-0.4, -0.2) is 37.3 Å². The Morgan fingerprint density at radius 3 is 2.76 bits per heavy atom. The minimum absolute atomic E-state index is 0.406. The van der Waals surface area contributed by atoms with Crippen molar-refractivity contribution in [3.8, 4) is 0 Å². The Kier molecular flexibility index (Phi) is 3.28. The molecule has 0 aliphatic carbocycles. The zero-order chi connectivity index (χ0) is 14.2. The monoisotopic (exact) mass is 283 g/mol. The standard InChI is InChI=1S/C17H21N3O/c1-18-9-12-8-17(15-4-2-3-5-16(15)19-12)20-10-13-6-7-14(11-20)21-13/h2-5,8,13-14,18H,6-7,9-11H2,1H3. The number of hydrogen-bond donors (Lipinski definition) is 1. The van der Waals surface area contributed by atoms with Crippen molar-refractivity contribution in [2.24, 2.45) is 0 Å². The average molecular weight is 283 g/mol. The van der Waals surface area contributed by atoms with Gasteiger partial charge in [-0.3, -0.25) is 4.98 Å².